The van der Waals surface area contributed by atoms with Crippen molar-refractivity contribution < 1.29 is 13.2 Å². The summed E-state index contributed by atoms with van der Waals surface area (Å²) in [5, 5.41) is 0.737. The maximum Gasteiger partial charge on any atom is 0.253 e. The number of carbonyl (C=O) groups excluding carboxylic acids is 1. The van der Waals surface area contributed by atoms with Crippen LogP contribution < -0.4 is 4.72 Å². The number of nitrogens with zero attached hydrogens (tertiary/aromatic N) is 1. The second kappa shape index (κ2) is 8.41. The first-order valence-electron chi connectivity index (χ1n) is 9.01. The zero-order valence-corrected chi connectivity index (χ0v) is 18.0. The van der Waals surface area contributed by atoms with Crippen LogP contribution in [0.3, 0.4) is 0 Å². The molecule has 1 heterocycles. The Balaban J connectivity index is 1.63. The smallest absolute Gasteiger partial charge is 0.253 e. The lowest BCUT2D eigenvalue weighted by Crippen LogP contribution is -2.46. The minimum Gasteiger partial charge on any atom is -0.339 e. The number of hydrogen-bond donors (Lipinski definition) is 1. The molecule has 1 N–H and O–H groups in total. The highest BCUT2D eigenvalue weighted by Gasteiger charge is 2.28. The molecule has 28 heavy (non-hydrogen) atoms. The van der Waals surface area contributed by atoms with Crippen LogP contribution in [0.4, 0.5) is 0 Å². The van der Waals surface area contributed by atoms with Crippen molar-refractivity contribution in [3.05, 3.63) is 63.1 Å². The first-order chi connectivity index (χ1) is 13.2. The third-order valence-electron chi connectivity index (χ3n) is 4.89. The molecule has 5 nitrogen and oxygen atoms in total. The molecule has 2 aromatic carbocycles. The number of likely N-dealkylation sites (tertiary alicyclic amines) is 1. The number of rotatable bonds is 4. The van der Waals surface area contributed by atoms with Crippen LogP contribution in [0.2, 0.25) is 10.0 Å². The molecule has 1 aliphatic heterocycles. The summed E-state index contributed by atoms with van der Waals surface area (Å²) in [7, 11) is -3.59. The zero-order valence-electron chi connectivity index (χ0n) is 15.7. The number of halogens is 2. The van der Waals surface area contributed by atoms with Gasteiger partial charge in [0.15, 0.2) is 0 Å². The van der Waals surface area contributed by atoms with E-state index in [1.807, 2.05) is 13.0 Å². The maximum atomic E-state index is 12.7. The minimum atomic E-state index is -3.59. The van der Waals surface area contributed by atoms with Crippen LogP contribution in [-0.4, -0.2) is 38.4 Å². The summed E-state index contributed by atoms with van der Waals surface area (Å²) in [6.45, 7) is 4.66. The average molecular weight is 441 g/mol. The van der Waals surface area contributed by atoms with Crippen molar-refractivity contribution in [2.24, 2.45) is 0 Å². The summed E-state index contributed by atoms with van der Waals surface area (Å²) in [5.74, 6) is -0.130. The van der Waals surface area contributed by atoms with Gasteiger partial charge in [0, 0.05) is 24.7 Å². The first-order valence-corrected chi connectivity index (χ1v) is 11.3. The Hall–Kier alpha value is -1.60. The molecule has 0 bridgehead atoms. The molecule has 0 radical (unpaired) electrons. The van der Waals surface area contributed by atoms with Gasteiger partial charge in [-0.2, -0.15) is 0 Å². The summed E-state index contributed by atoms with van der Waals surface area (Å²) in [6.07, 6.45) is 1.11. The molecule has 1 fully saturated rings. The molecule has 0 unspecified atom stereocenters. The van der Waals surface area contributed by atoms with Gasteiger partial charge in [0.1, 0.15) is 0 Å². The number of sulfonamides is 1. The summed E-state index contributed by atoms with van der Waals surface area (Å²) < 4.78 is 28.2. The molecular weight excluding hydrogens is 419 g/mol. The number of amides is 1. The molecule has 0 aliphatic carbocycles. The molecule has 0 atom stereocenters. The SMILES string of the molecule is Cc1ccc(S(=O)(=O)NC2CCN(C(=O)c3ccc(Cl)c(Cl)c3)CC2)c(C)c1. The van der Waals surface area contributed by atoms with Gasteiger partial charge in [-0.1, -0.05) is 40.9 Å². The van der Waals surface area contributed by atoms with Crippen LogP contribution in [0.5, 0.6) is 0 Å². The van der Waals surface area contributed by atoms with Crippen LogP contribution in [0.1, 0.15) is 34.3 Å². The van der Waals surface area contributed by atoms with Crippen molar-refractivity contribution in [1.29, 1.82) is 0 Å². The fraction of sp³-hybridized carbons (Fsp3) is 0.350. The lowest BCUT2D eigenvalue weighted by Gasteiger charge is -2.32. The molecule has 1 aliphatic rings. The number of hydrogen-bond acceptors (Lipinski definition) is 3. The molecule has 3 rings (SSSR count). The third-order valence-corrected chi connectivity index (χ3v) is 7.31. The topological polar surface area (TPSA) is 66.5 Å². The number of nitrogens with one attached hydrogen (secondary N) is 1. The second-order valence-electron chi connectivity index (χ2n) is 7.09. The summed E-state index contributed by atoms with van der Waals surface area (Å²) >= 11 is 11.9. The Bertz CT molecular complexity index is 1000. The minimum absolute atomic E-state index is 0.130. The van der Waals surface area contributed by atoms with E-state index in [1.165, 1.54) is 0 Å². The molecule has 0 aromatic heterocycles. The summed E-state index contributed by atoms with van der Waals surface area (Å²) in [6, 6.07) is 9.88. The molecule has 8 heteroatoms. The predicted molar refractivity (Wildman–Crippen MR) is 112 cm³/mol. The number of aryl methyl sites for hydroxylation is 2. The van der Waals surface area contributed by atoms with Gasteiger partial charge in [-0.3, -0.25) is 4.79 Å². The van der Waals surface area contributed by atoms with Crippen molar-refractivity contribution in [2.45, 2.75) is 37.6 Å². The molecule has 150 valence electrons. The standard InChI is InChI=1S/C20H22Cl2N2O3S/c1-13-3-6-19(14(2)11-13)28(26,27)23-16-7-9-24(10-8-16)20(25)15-4-5-17(21)18(22)12-15/h3-6,11-12,16,23H,7-10H2,1-2H3. The molecular formula is C20H22Cl2N2O3S. The van der Waals surface area contributed by atoms with Gasteiger partial charge in [0.05, 0.1) is 14.9 Å². The first kappa shape index (κ1) is 21.1. The van der Waals surface area contributed by atoms with Gasteiger partial charge >= 0.3 is 0 Å². The molecule has 1 amide bonds. The highest BCUT2D eigenvalue weighted by atomic mass is 35.5. The van der Waals surface area contributed by atoms with E-state index in [9.17, 15) is 13.2 Å². The van der Waals surface area contributed by atoms with E-state index in [2.05, 4.69) is 4.72 Å². The van der Waals surface area contributed by atoms with Crippen LogP contribution >= 0.6 is 23.2 Å². The lowest BCUT2D eigenvalue weighted by atomic mass is 10.0. The highest BCUT2D eigenvalue weighted by molar-refractivity contribution is 7.89. The van der Waals surface area contributed by atoms with Crippen molar-refractivity contribution in [3.63, 3.8) is 0 Å². The zero-order chi connectivity index (χ0) is 20.5. The van der Waals surface area contributed by atoms with Gasteiger partial charge in [-0.05, 0) is 56.5 Å². The van der Waals surface area contributed by atoms with Crippen molar-refractivity contribution >= 4 is 39.1 Å². The van der Waals surface area contributed by atoms with Gasteiger partial charge < -0.3 is 4.90 Å². The molecule has 0 spiro atoms. The molecule has 0 saturated carbocycles. The Morgan fingerprint density at radius 3 is 2.32 bits per heavy atom. The van der Waals surface area contributed by atoms with Crippen LogP contribution in [0, 0.1) is 13.8 Å². The Kier molecular flexibility index (Phi) is 6.34. The Morgan fingerprint density at radius 2 is 1.71 bits per heavy atom. The number of piperidine rings is 1. The predicted octanol–water partition coefficient (Wildman–Crippen LogP) is 4.19. The molecule has 1 saturated heterocycles. The van der Waals surface area contributed by atoms with Crippen LogP contribution in [0.15, 0.2) is 41.3 Å². The summed E-state index contributed by atoms with van der Waals surface area (Å²) in [5.41, 5.74) is 2.22. The fourth-order valence-electron chi connectivity index (χ4n) is 3.40. The van der Waals surface area contributed by atoms with E-state index in [4.69, 9.17) is 23.2 Å². The number of benzene rings is 2. The van der Waals surface area contributed by atoms with Gasteiger partial charge in [-0.25, -0.2) is 13.1 Å². The van der Waals surface area contributed by atoms with E-state index < -0.39 is 10.0 Å². The van der Waals surface area contributed by atoms with Gasteiger partial charge in [0.25, 0.3) is 5.91 Å². The quantitative estimate of drug-likeness (QED) is 0.774. The third kappa shape index (κ3) is 4.69. The fourth-order valence-corrected chi connectivity index (χ4v) is 5.23. The van der Waals surface area contributed by atoms with Crippen molar-refractivity contribution in [3.8, 4) is 0 Å². The van der Waals surface area contributed by atoms with Crippen LogP contribution in [-0.2, 0) is 10.0 Å². The van der Waals surface area contributed by atoms with Crippen LogP contribution in [0.25, 0.3) is 0 Å². The second-order valence-corrected chi connectivity index (χ2v) is 9.58. The lowest BCUT2D eigenvalue weighted by molar-refractivity contribution is 0.0711. The highest BCUT2D eigenvalue weighted by Crippen LogP contribution is 2.24. The Labute approximate surface area is 175 Å². The largest absolute Gasteiger partial charge is 0.339 e. The van der Waals surface area contributed by atoms with E-state index in [1.54, 1.807) is 42.2 Å². The Morgan fingerprint density at radius 1 is 1.04 bits per heavy atom. The van der Waals surface area contributed by atoms with Crippen molar-refractivity contribution in [2.75, 3.05) is 13.1 Å². The average Bonchev–Trinajstić information content (AvgIpc) is 2.63. The van der Waals surface area contributed by atoms with Gasteiger partial charge in [-0.15, -0.1) is 0 Å². The maximum absolute atomic E-state index is 12.7. The summed E-state index contributed by atoms with van der Waals surface area (Å²) in [4.78, 5) is 14.6. The van der Waals surface area contributed by atoms with E-state index in [0.29, 0.717) is 46.4 Å². The monoisotopic (exact) mass is 440 g/mol. The number of carbonyl (C=O) groups is 1. The van der Waals surface area contributed by atoms with E-state index in [-0.39, 0.29) is 11.9 Å². The normalized spacial score (nSPS) is 15.6. The van der Waals surface area contributed by atoms with Gasteiger partial charge in [0.2, 0.25) is 10.0 Å². The molecule has 2 aromatic rings. The van der Waals surface area contributed by atoms with E-state index in [0.717, 1.165) is 11.1 Å². The van der Waals surface area contributed by atoms with E-state index >= 15 is 0 Å². The van der Waals surface area contributed by atoms with Crippen molar-refractivity contribution in [1.82, 2.24) is 9.62 Å².